The summed E-state index contributed by atoms with van der Waals surface area (Å²) in [6.45, 7) is 0. The van der Waals surface area contributed by atoms with Crippen molar-refractivity contribution in [2.24, 2.45) is 0 Å². The van der Waals surface area contributed by atoms with Gasteiger partial charge in [-0.05, 0) is 37.7 Å². The summed E-state index contributed by atoms with van der Waals surface area (Å²) in [5.41, 5.74) is -0.403. The molecule has 2 rings (SSSR count). The van der Waals surface area contributed by atoms with Crippen LogP contribution in [0.3, 0.4) is 0 Å². The van der Waals surface area contributed by atoms with E-state index in [2.05, 4.69) is 4.72 Å². The van der Waals surface area contributed by atoms with E-state index < -0.39 is 33.0 Å². The molecule has 0 bridgehead atoms. The van der Waals surface area contributed by atoms with E-state index in [1.165, 1.54) is 6.07 Å². The Kier molecular flexibility index (Phi) is 5.04. The lowest BCUT2D eigenvalue weighted by Gasteiger charge is -2.14. The molecular weight excluding hydrogens is 304 g/mol. The highest BCUT2D eigenvalue weighted by Gasteiger charge is 2.28. The summed E-state index contributed by atoms with van der Waals surface area (Å²) >= 11 is 1.72. The summed E-state index contributed by atoms with van der Waals surface area (Å²) in [4.78, 5) is 0. The van der Waals surface area contributed by atoms with Crippen molar-refractivity contribution < 1.29 is 17.2 Å². The van der Waals surface area contributed by atoms with E-state index in [9.17, 15) is 17.2 Å². The van der Waals surface area contributed by atoms with E-state index in [-0.39, 0.29) is 6.04 Å². The highest BCUT2D eigenvalue weighted by molar-refractivity contribution is 7.99. The quantitative estimate of drug-likeness (QED) is 0.907. The first-order chi connectivity index (χ1) is 9.41. The molecule has 0 heterocycles. The fraction of sp³-hybridized carbons (Fsp3) is 0.538. The number of sulfonamides is 1. The van der Waals surface area contributed by atoms with Gasteiger partial charge in [-0.1, -0.05) is 6.07 Å². The third-order valence-corrected chi connectivity index (χ3v) is 5.92. The molecule has 0 aromatic heterocycles. The molecule has 1 aliphatic carbocycles. The fourth-order valence-corrected chi connectivity index (χ4v) is 4.67. The minimum Gasteiger partial charge on any atom is -0.212 e. The van der Waals surface area contributed by atoms with Crippen LogP contribution in [-0.4, -0.2) is 26.0 Å². The van der Waals surface area contributed by atoms with Crippen molar-refractivity contribution in [1.82, 2.24) is 4.72 Å². The third kappa shape index (κ3) is 3.93. The van der Waals surface area contributed by atoms with Crippen molar-refractivity contribution in [2.45, 2.75) is 36.3 Å². The Hall–Kier alpha value is -0.660. The van der Waals surface area contributed by atoms with Gasteiger partial charge in [-0.2, -0.15) is 11.8 Å². The van der Waals surface area contributed by atoms with Gasteiger partial charge in [0.05, 0.1) is 5.75 Å². The lowest BCUT2D eigenvalue weighted by Crippen LogP contribution is -2.34. The van der Waals surface area contributed by atoms with Gasteiger partial charge in [-0.15, -0.1) is 0 Å². The summed E-state index contributed by atoms with van der Waals surface area (Å²) in [5, 5.41) is 0.452. The topological polar surface area (TPSA) is 46.2 Å². The standard InChI is InChI=1S/C13H17F2NO2S2/c1-19-10-6-5-9(7-10)16-20(17,18)8-11-12(14)3-2-4-13(11)15/h2-4,9-10,16H,5-8H2,1H3/t9-,10-/m0/s1. The van der Waals surface area contributed by atoms with Crippen LogP contribution in [0.15, 0.2) is 18.2 Å². The van der Waals surface area contributed by atoms with Gasteiger partial charge in [0.2, 0.25) is 10.0 Å². The number of hydrogen-bond acceptors (Lipinski definition) is 3. The minimum absolute atomic E-state index is 0.132. The second-order valence-electron chi connectivity index (χ2n) is 4.94. The summed E-state index contributed by atoms with van der Waals surface area (Å²) in [5.74, 6) is -2.32. The molecule has 112 valence electrons. The molecule has 1 aromatic rings. The van der Waals surface area contributed by atoms with Crippen molar-refractivity contribution in [3.05, 3.63) is 35.4 Å². The first-order valence-corrected chi connectivity index (χ1v) is 9.31. The predicted octanol–water partition coefficient (Wildman–Crippen LogP) is 2.67. The van der Waals surface area contributed by atoms with Crippen LogP contribution >= 0.6 is 11.8 Å². The molecule has 1 saturated carbocycles. The van der Waals surface area contributed by atoms with Crippen LogP contribution < -0.4 is 4.72 Å². The number of hydrogen-bond donors (Lipinski definition) is 1. The molecule has 2 atom stereocenters. The van der Waals surface area contributed by atoms with Crippen LogP contribution in [-0.2, 0) is 15.8 Å². The number of benzene rings is 1. The van der Waals surface area contributed by atoms with Crippen LogP contribution in [0.4, 0.5) is 8.78 Å². The number of rotatable bonds is 5. The maximum absolute atomic E-state index is 13.5. The second kappa shape index (κ2) is 6.41. The fourth-order valence-electron chi connectivity index (χ4n) is 2.42. The van der Waals surface area contributed by atoms with Gasteiger partial charge in [-0.3, -0.25) is 0 Å². The Morgan fingerprint density at radius 2 is 1.95 bits per heavy atom. The van der Waals surface area contributed by atoms with E-state index in [0.29, 0.717) is 5.25 Å². The number of thioether (sulfide) groups is 1. The highest BCUT2D eigenvalue weighted by atomic mass is 32.2. The normalized spacial score (nSPS) is 23.1. The van der Waals surface area contributed by atoms with E-state index in [0.717, 1.165) is 31.4 Å². The molecule has 7 heteroatoms. The van der Waals surface area contributed by atoms with Crippen molar-refractivity contribution in [2.75, 3.05) is 6.26 Å². The van der Waals surface area contributed by atoms with E-state index in [1.54, 1.807) is 11.8 Å². The second-order valence-corrected chi connectivity index (χ2v) is 7.84. The average molecular weight is 321 g/mol. The molecule has 0 amide bonds. The van der Waals surface area contributed by atoms with Gasteiger partial charge >= 0.3 is 0 Å². The van der Waals surface area contributed by atoms with Gasteiger partial charge in [-0.25, -0.2) is 21.9 Å². The monoisotopic (exact) mass is 321 g/mol. The molecule has 3 nitrogen and oxygen atoms in total. The molecule has 20 heavy (non-hydrogen) atoms. The Morgan fingerprint density at radius 3 is 2.50 bits per heavy atom. The van der Waals surface area contributed by atoms with E-state index in [1.807, 2.05) is 6.26 Å². The SMILES string of the molecule is CS[C@H]1CC[C@H](NS(=O)(=O)Cc2c(F)cccc2F)C1. The third-order valence-electron chi connectivity index (χ3n) is 3.46. The van der Waals surface area contributed by atoms with Crippen molar-refractivity contribution in [3.63, 3.8) is 0 Å². The molecule has 1 aliphatic rings. The van der Waals surface area contributed by atoms with Gasteiger partial charge in [0, 0.05) is 16.9 Å². The molecule has 1 aromatic carbocycles. The van der Waals surface area contributed by atoms with Gasteiger partial charge in [0.1, 0.15) is 11.6 Å². The lowest BCUT2D eigenvalue weighted by molar-refractivity contribution is 0.537. The molecule has 1 fully saturated rings. The van der Waals surface area contributed by atoms with Gasteiger partial charge in [0.25, 0.3) is 0 Å². The van der Waals surface area contributed by atoms with Gasteiger partial charge < -0.3 is 0 Å². The highest BCUT2D eigenvalue weighted by Crippen LogP contribution is 2.28. The van der Waals surface area contributed by atoms with Crippen molar-refractivity contribution >= 4 is 21.8 Å². The van der Waals surface area contributed by atoms with E-state index >= 15 is 0 Å². The smallest absolute Gasteiger partial charge is 0.212 e. The van der Waals surface area contributed by atoms with Crippen molar-refractivity contribution in [3.8, 4) is 0 Å². The Bertz CT molecular complexity index is 557. The molecular formula is C13H17F2NO2S2. The zero-order chi connectivity index (χ0) is 14.8. The maximum atomic E-state index is 13.5. The summed E-state index contributed by atoms with van der Waals surface area (Å²) in [6.07, 6.45) is 4.49. The minimum atomic E-state index is -3.73. The number of halogens is 2. The summed E-state index contributed by atoms with van der Waals surface area (Å²) < 4.78 is 53.5. The van der Waals surface area contributed by atoms with Crippen LogP contribution in [0.25, 0.3) is 0 Å². The van der Waals surface area contributed by atoms with Crippen LogP contribution in [0, 0.1) is 11.6 Å². The molecule has 0 spiro atoms. The predicted molar refractivity (Wildman–Crippen MR) is 77.1 cm³/mol. The molecule has 0 aliphatic heterocycles. The molecule has 1 N–H and O–H groups in total. The molecule has 0 saturated heterocycles. The van der Waals surface area contributed by atoms with Gasteiger partial charge in [0.15, 0.2) is 0 Å². The first kappa shape index (κ1) is 15.7. The van der Waals surface area contributed by atoms with E-state index in [4.69, 9.17) is 0 Å². The zero-order valence-electron chi connectivity index (χ0n) is 11.1. The first-order valence-electron chi connectivity index (χ1n) is 6.37. The maximum Gasteiger partial charge on any atom is 0.216 e. The molecule has 0 radical (unpaired) electrons. The lowest BCUT2D eigenvalue weighted by atomic mass is 10.2. The Labute approximate surface area is 122 Å². The number of nitrogens with one attached hydrogen (secondary N) is 1. The Balaban J connectivity index is 2.05. The summed E-state index contributed by atoms with van der Waals surface area (Å²) in [6, 6.07) is 3.21. The molecule has 0 unspecified atom stereocenters. The Morgan fingerprint density at radius 1 is 1.30 bits per heavy atom. The van der Waals surface area contributed by atoms with Crippen molar-refractivity contribution in [1.29, 1.82) is 0 Å². The van der Waals surface area contributed by atoms with Crippen LogP contribution in [0.5, 0.6) is 0 Å². The van der Waals surface area contributed by atoms with Crippen LogP contribution in [0.2, 0.25) is 0 Å². The summed E-state index contributed by atoms with van der Waals surface area (Å²) in [7, 11) is -3.73. The zero-order valence-corrected chi connectivity index (χ0v) is 12.7. The average Bonchev–Trinajstić information content (AvgIpc) is 2.81. The largest absolute Gasteiger partial charge is 0.216 e. The van der Waals surface area contributed by atoms with Crippen LogP contribution in [0.1, 0.15) is 24.8 Å².